The van der Waals surface area contributed by atoms with Gasteiger partial charge in [0.05, 0.1) is 13.7 Å². The number of rotatable bonds is 6. The molecular weight excluding hydrogens is 410 g/mol. The summed E-state index contributed by atoms with van der Waals surface area (Å²) in [6.07, 6.45) is 0. The van der Waals surface area contributed by atoms with Crippen LogP contribution < -0.4 is 10.1 Å². The molecular formula is C22H20ClNO4S. The normalized spacial score (nSPS) is 10.5. The lowest BCUT2D eigenvalue weighted by molar-refractivity contribution is 0.0529. The Balaban J connectivity index is 2.06. The van der Waals surface area contributed by atoms with Gasteiger partial charge >= 0.3 is 5.97 Å². The molecule has 0 aliphatic heterocycles. The first-order chi connectivity index (χ1) is 13.9. The SMILES string of the molecule is CCOC(=O)c1c(-c2cc(C)ccc2OC)csc1NC(=O)c1cccc(Cl)c1. The second-order valence-electron chi connectivity index (χ2n) is 6.24. The van der Waals surface area contributed by atoms with Crippen LogP contribution in [-0.2, 0) is 4.74 Å². The van der Waals surface area contributed by atoms with E-state index >= 15 is 0 Å². The summed E-state index contributed by atoms with van der Waals surface area (Å²) in [5.41, 5.74) is 3.13. The van der Waals surface area contributed by atoms with Crippen molar-refractivity contribution in [1.29, 1.82) is 0 Å². The maximum atomic E-state index is 12.7. The number of hydrogen-bond donors (Lipinski definition) is 1. The van der Waals surface area contributed by atoms with E-state index in [9.17, 15) is 9.59 Å². The topological polar surface area (TPSA) is 64.6 Å². The largest absolute Gasteiger partial charge is 0.496 e. The third-order valence-electron chi connectivity index (χ3n) is 4.23. The number of anilines is 1. The number of nitrogens with one attached hydrogen (secondary N) is 1. The zero-order valence-electron chi connectivity index (χ0n) is 16.2. The van der Waals surface area contributed by atoms with Crippen molar-refractivity contribution in [1.82, 2.24) is 0 Å². The lowest BCUT2D eigenvalue weighted by atomic mass is 10.0. The molecule has 5 nitrogen and oxygen atoms in total. The number of carbonyl (C=O) groups excluding carboxylic acids is 2. The van der Waals surface area contributed by atoms with Gasteiger partial charge in [-0.25, -0.2) is 4.79 Å². The second-order valence-corrected chi connectivity index (χ2v) is 7.56. The monoisotopic (exact) mass is 429 g/mol. The Hall–Kier alpha value is -2.83. The molecule has 0 saturated carbocycles. The first-order valence-corrected chi connectivity index (χ1v) is 10.2. The van der Waals surface area contributed by atoms with Gasteiger partial charge in [0.25, 0.3) is 5.91 Å². The number of esters is 1. The van der Waals surface area contributed by atoms with E-state index in [1.807, 2.05) is 30.5 Å². The van der Waals surface area contributed by atoms with Crippen LogP contribution in [0.25, 0.3) is 11.1 Å². The van der Waals surface area contributed by atoms with Crippen molar-refractivity contribution >= 4 is 39.8 Å². The minimum Gasteiger partial charge on any atom is -0.496 e. The van der Waals surface area contributed by atoms with E-state index in [-0.39, 0.29) is 12.5 Å². The number of carbonyl (C=O) groups is 2. The summed E-state index contributed by atoms with van der Waals surface area (Å²) in [6, 6.07) is 12.3. The van der Waals surface area contributed by atoms with Crippen LogP contribution in [0.3, 0.4) is 0 Å². The van der Waals surface area contributed by atoms with E-state index in [1.54, 1.807) is 38.3 Å². The van der Waals surface area contributed by atoms with E-state index in [0.717, 1.165) is 11.1 Å². The average molecular weight is 430 g/mol. The molecule has 0 atom stereocenters. The molecule has 29 heavy (non-hydrogen) atoms. The number of amides is 1. The number of methoxy groups -OCH3 is 1. The fourth-order valence-corrected chi connectivity index (χ4v) is 4.02. The zero-order chi connectivity index (χ0) is 21.0. The van der Waals surface area contributed by atoms with E-state index < -0.39 is 5.97 Å². The van der Waals surface area contributed by atoms with Crippen molar-refractivity contribution in [2.24, 2.45) is 0 Å². The van der Waals surface area contributed by atoms with Crippen molar-refractivity contribution in [2.45, 2.75) is 13.8 Å². The van der Waals surface area contributed by atoms with Crippen LogP contribution in [0.15, 0.2) is 47.8 Å². The fraction of sp³-hybridized carbons (Fsp3) is 0.182. The Kier molecular flexibility index (Phi) is 6.56. The zero-order valence-corrected chi connectivity index (χ0v) is 17.8. The third-order valence-corrected chi connectivity index (χ3v) is 5.36. The predicted octanol–water partition coefficient (Wildman–Crippen LogP) is 5.81. The van der Waals surface area contributed by atoms with Gasteiger partial charge in [-0.2, -0.15) is 0 Å². The maximum Gasteiger partial charge on any atom is 0.341 e. The smallest absolute Gasteiger partial charge is 0.341 e. The summed E-state index contributed by atoms with van der Waals surface area (Å²) in [5.74, 6) is -0.233. The molecule has 0 radical (unpaired) electrons. The number of halogens is 1. The Morgan fingerprint density at radius 1 is 1.14 bits per heavy atom. The van der Waals surface area contributed by atoms with Crippen LogP contribution in [0.1, 0.15) is 33.2 Å². The van der Waals surface area contributed by atoms with E-state index in [2.05, 4.69) is 5.32 Å². The molecule has 1 aromatic heterocycles. The van der Waals surface area contributed by atoms with Gasteiger partial charge in [0.1, 0.15) is 16.3 Å². The van der Waals surface area contributed by atoms with Gasteiger partial charge in [-0.05, 0) is 44.2 Å². The summed E-state index contributed by atoms with van der Waals surface area (Å²) in [7, 11) is 1.58. The minimum atomic E-state index is -0.506. The molecule has 7 heteroatoms. The molecule has 150 valence electrons. The van der Waals surface area contributed by atoms with Crippen molar-refractivity contribution in [3.05, 3.63) is 69.6 Å². The van der Waals surface area contributed by atoms with Gasteiger partial charge < -0.3 is 14.8 Å². The number of hydrogen-bond acceptors (Lipinski definition) is 5. The Morgan fingerprint density at radius 3 is 2.62 bits per heavy atom. The lowest BCUT2D eigenvalue weighted by Crippen LogP contribution is -2.14. The molecule has 0 unspecified atom stereocenters. The van der Waals surface area contributed by atoms with Crippen molar-refractivity contribution in [3.8, 4) is 16.9 Å². The Labute approximate surface area is 178 Å². The third kappa shape index (κ3) is 4.60. The van der Waals surface area contributed by atoms with Gasteiger partial charge in [-0.1, -0.05) is 29.3 Å². The van der Waals surface area contributed by atoms with Crippen LogP contribution in [-0.4, -0.2) is 25.6 Å². The molecule has 1 heterocycles. The fourth-order valence-electron chi connectivity index (χ4n) is 2.89. The summed E-state index contributed by atoms with van der Waals surface area (Å²) >= 11 is 7.24. The van der Waals surface area contributed by atoms with Crippen LogP contribution in [0.4, 0.5) is 5.00 Å². The van der Waals surface area contributed by atoms with E-state index in [4.69, 9.17) is 21.1 Å². The number of ether oxygens (including phenoxy) is 2. The molecule has 2 aromatic carbocycles. The number of thiophene rings is 1. The molecule has 0 saturated heterocycles. The van der Waals surface area contributed by atoms with Gasteiger partial charge in [0, 0.05) is 27.1 Å². The maximum absolute atomic E-state index is 12.7. The highest BCUT2D eigenvalue weighted by molar-refractivity contribution is 7.15. The lowest BCUT2D eigenvalue weighted by Gasteiger charge is -2.12. The summed E-state index contributed by atoms with van der Waals surface area (Å²) in [6.45, 7) is 3.92. The number of aryl methyl sites for hydroxylation is 1. The quantitative estimate of drug-likeness (QED) is 0.502. The highest BCUT2D eigenvalue weighted by atomic mass is 35.5. The Morgan fingerprint density at radius 2 is 1.93 bits per heavy atom. The Bertz CT molecular complexity index is 1060. The molecule has 0 aliphatic carbocycles. The molecule has 0 aliphatic rings. The standard InChI is InChI=1S/C22H20ClNO4S/c1-4-28-22(26)19-17(16-10-13(2)8-9-18(16)27-3)12-29-21(19)24-20(25)14-6-5-7-15(23)11-14/h5-12H,4H2,1-3H3,(H,24,25). The van der Waals surface area contributed by atoms with Crippen LogP contribution in [0.2, 0.25) is 5.02 Å². The van der Waals surface area contributed by atoms with Gasteiger partial charge in [-0.15, -0.1) is 11.3 Å². The first-order valence-electron chi connectivity index (χ1n) is 8.95. The minimum absolute atomic E-state index is 0.223. The molecule has 0 spiro atoms. The summed E-state index contributed by atoms with van der Waals surface area (Å²) in [4.78, 5) is 25.4. The first kappa shape index (κ1) is 20.9. The molecule has 3 rings (SSSR count). The molecule has 3 aromatic rings. The molecule has 0 bridgehead atoms. The van der Waals surface area contributed by atoms with Gasteiger partial charge in [0.2, 0.25) is 0 Å². The van der Waals surface area contributed by atoms with Crippen molar-refractivity contribution in [2.75, 3.05) is 19.0 Å². The molecule has 1 amide bonds. The van der Waals surface area contributed by atoms with Crippen LogP contribution in [0.5, 0.6) is 5.75 Å². The highest BCUT2D eigenvalue weighted by Gasteiger charge is 2.25. The van der Waals surface area contributed by atoms with Crippen LogP contribution in [0, 0.1) is 6.92 Å². The highest BCUT2D eigenvalue weighted by Crippen LogP contribution is 2.40. The van der Waals surface area contributed by atoms with Gasteiger partial charge in [-0.3, -0.25) is 4.79 Å². The summed E-state index contributed by atoms with van der Waals surface area (Å²) < 4.78 is 10.7. The van der Waals surface area contributed by atoms with Crippen molar-refractivity contribution < 1.29 is 19.1 Å². The van der Waals surface area contributed by atoms with Crippen molar-refractivity contribution in [3.63, 3.8) is 0 Å². The van der Waals surface area contributed by atoms with Crippen LogP contribution >= 0.6 is 22.9 Å². The van der Waals surface area contributed by atoms with E-state index in [1.165, 1.54) is 11.3 Å². The number of benzene rings is 2. The molecule has 1 N–H and O–H groups in total. The van der Waals surface area contributed by atoms with Gasteiger partial charge in [0.15, 0.2) is 0 Å². The average Bonchev–Trinajstić information content (AvgIpc) is 3.11. The second kappa shape index (κ2) is 9.11. The summed E-state index contributed by atoms with van der Waals surface area (Å²) in [5, 5.41) is 5.50. The molecule has 0 fully saturated rings. The van der Waals surface area contributed by atoms with E-state index in [0.29, 0.717) is 32.5 Å². The predicted molar refractivity (Wildman–Crippen MR) is 116 cm³/mol.